The Morgan fingerprint density at radius 2 is 2.00 bits per heavy atom. The zero-order chi connectivity index (χ0) is 9.68. The van der Waals surface area contributed by atoms with Gasteiger partial charge in [0.1, 0.15) is 5.84 Å². The molecule has 0 saturated heterocycles. The van der Waals surface area contributed by atoms with E-state index in [2.05, 4.69) is 14.5 Å². The topological polar surface area (TPSA) is 87.1 Å². The third-order valence-corrected chi connectivity index (χ3v) is 1.60. The molecule has 0 saturated carbocycles. The van der Waals surface area contributed by atoms with E-state index >= 15 is 0 Å². The van der Waals surface area contributed by atoms with Crippen molar-refractivity contribution in [3.05, 3.63) is 40.3 Å². The Kier molecular flexibility index (Phi) is 3.14. The summed E-state index contributed by atoms with van der Waals surface area (Å²) < 4.78 is 3.30. The quantitative estimate of drug-likeness (QED) is 0.254. The molecule has 5 nitrogen and oxygen atoms in total. The number of rotatable bonds is 2. The number of nitrogens with zero attached hydrogens (tertiary/aromatic N) is 4. The molecule has 13 heavy (non-hydrogen) atoms. The molecule has 2 N–H and O–H groups in total. The first-order valence-electron chi connectivity index (χ1n) is 3.38. The number of halogens is 1. The molecule has 6 heteroatoms. The van der Waals surface area contributed by atoms with E-state index in [0.29, 0.717) is 11.3 Å². The van der Waals surface area contributed by atoms with Crippen molar-refractivity contribution in [3.63, 3.8) is 0 Å². The van der Waals surface area contributed by atoms with Crippen molar-refractivity contribution in [2.75, 3.05) is 0 Å². The summed E-state index contributed by atoms with van der Waals surface area (Å²) in [5, 5.41) is 3.40. The van der Waals surface area contributed by atoms with E-state index in [1.165, 1.54) is 0 Å². The highest BCUT2D eigenvalue weighted by Gasteiger charge is 1.96. The highest BCUT2D eigenvalue weighted by molar-refractivity contribution is 6.22. The molecule has 1 aromatic carbocycles. The van der Waals surface area contributed by atoms with E-state index < -0.39 is 0 Å². The van der Waals surface area contributed by atoms with Gasteiger partial charge in [-0.3, -0.25) is 0 Å². The molecule has 0 aliphatic carbocycles. The summed E-state index contributed by atoms with van der Waals surface area (Å²) in [6, 6.07) is 6.60. The molecule has 0 fully saturated rings. The van der Waals surface area contributed by atoms with Gasteiger partial charge in [0.2, 0.25) is 0 Å². The van der Waals surface area contributed by atoms with Gasteiger partial charge in [-0.2, -0.15) is 4.51 Å². The highest BCUT2D eigenvalue weighted by Crippen LogP contribution is 2.12. The number of nitrogens with two attached hydrogens (primary N) is 1. The predicted octanol–water partition coefficient (Wildman–Crippen LogP) is 2.49. The normalized spacial score (nSPS) is 10.7. The third kappa shape index (κ3) is 2.37. The van der Waals surface area contributed by atoms with Crippen molar-refractivity contribution >= 4 is 23.3 Å². The molecule has 1 aromatic rings. The zero-order valence-corrected chi connectivity index (χ0v) is 7.31. The van der Waals surface area contributed by atoms with Crippen LogP contribution in [0.3, 0.4) is 0 Å². The fourth-order valence-corrected chi connectivity index (χ4v) is 0.897. The minimum absolute atomic E-state index is 0.231. The highest BCUT2D eigenvalue weighted by atomic mass is 35.5. The summed E-state index contributed by atoms with van der Waals surface area (Å²) in [6.07, 6.45) is 0. The van der Waals surface area contributed by atoms with Gasteiger partial charge in [0.15, 0.2) is 0 Å². The van der Waals surface area contributed by atoms with Crippen LogP contribution in [0.25, 0.3) is 10.4 Å². The lowest BCUT2D eigenvalue weighted by Gasteiger charge is -1.97. The van der Waals surface area contributed by atoms with Crippen molar-refractivity contribution in [1.29, 1.82) is 0 Å². The molecule has 1 rings (SSSR count). The van der Waals surface area contributed by atoms with Gasteiger partial charge >= 0.3 is 0 Å². The van der Waals surface area contributed by atoms with Crippen LogP contribution in [0, 0.1) is 0 Å². The van der Waals surface area contributed by atoms with E-state index in [-0.39, 0.29) is 5.84 Å². The van der Waals surface area contributed by atoms with E-state index in [9.17, 15) is 0 Å². The van der Waals surface area contributed by atoms with E-state index in [4.69, 9.17) is 23.0 Å². The van der Waals surface area contributed by atoms with Crippen molar-refractivity contribution < 1.29 is 0 Å². The summed E-state index contributed by atoms with van der Waals surface area (Å²) in [6.45, 7) is 0. The first-order chi connectivity index (χ1) is 6.27. The van der Waals surface area contributed by atoms with Crippen LogP contribution >= 0.6 is 11.8 Å². The molecule has 0 spiro atoms. The molecule has 0 radical (unpaired) electrons. The Morgan fingerprint density at radius 1 is 1.38 bits per heavy atom. The van der Waals surface area contributed by atoms with Gasteiger partial charge in [0.05, 0.1) is 0 Å². The lowest BCUT2D eigenvalue weighted by atomic mass is 10.2. The summed E-state index contributed by atoms with van der Waals surface area (Å²) in [5.41, 5.74) is 14.8. The molecular formula is C7H6ClN5. The van der Waals surface area contributed by atoms with Crippen LogP contribution in [-0.4, -0.2) is 5.84 Å². The summed E-state index contributed by atoms with van der Waals surface area (Å²) in [4.78, 5) is 2.64. The van der Waals surface area contributed by atoms with Crippen LogP contribution < -0.4 is 5.73 Å². The Labute approximate surface area is 79.6 Å². The third-order valence-electron chi connectivity index (χ3n) is 1.41. The maximum absolute atomic E-state index is 8.13. The van der Waals surface area contributed by atoms with Gasteiger partial charge in [-0.05, 0) is 5.53 Å². The maximum atomic E-state index is 8.13. The van der Waals surface area contributed by atoms with Crippen molar-refractivity contribution in [2.24, 2.45) is 15.4 Å². The number of benzene rings is 1. The average Bonchev–Trinajstić information content (AvgIpc) is 2.18. The molecule has 0 aliphatic heterocycles. The van der Waals surface area contributed by atoms with Gasteiger partial charge in [-0.25, -0.2) is 0 Å². The SMILES string of the molecule is [N-]=[N+]=Nc1ccc(C(N)=NCl)cc1. The average molecular weight is 196 g/mol. The van der Waals surface area contributed by atoms with Crippen molar-refractivity contribution in [2.45, 2.75) is 0 Å². The number of hydrogen-bond acceptors (Lipinski definition) is 2. The van der Waals surface area contributed by atoms with Crippen molar-refractivity contribution in [1.82, 2.24) is 0 Å². The second-order valence-electron chi connectivity index (χ2n) is 2.21. The van der Waals surface area contributed by atoms with Gasteiger partial charge in [0, 0.05) is 27.9 Å². The number of azide groups is 1. The Balaban J connectivity index is 3.00. The minimum Gasteiger partial charge on any atom is -0.382 e. The molecular weight excluding hydrogens is 190 g/mol. The van der Waals surface area contributed by atoms with Gasteiger partial charge in [-0.15, -0.1) is 0 Å². The number of hydrogen-bond donors (Lipinski definition) is 1. The standard InChI is InChI=1S/C7H6ClN5/c8-11-7(9)5-1-3-6(4-2-5)12-13-10/h1-4H,(H2,9,11). The molecule has 0 heterocycles. The Hall–Kier alpha value is -1.71. The molecule has 0 bridgehead atoms. The molecule has 0 amide bonds. The Bertz CT molecular complexity index is 363. The zero-order valence-electron chi connectivity index (χ0n) is 6.55. The fourth-order valence-electron chi connectivity index (χ4n) is 0.799. The second kappa shape index (κ2) is 4.35. The molecule has 66 valence electrons. The van der Waals surface area contributed by atoms with Crippen LogP contribution in [0.5, 0.6) is 0 Å². The smallest absolute Gasteiger partial charge is 0.145 e. The van der Waals surface area contributed by atoms with E-state index in [0.717, 1.165) is 0 Å². The molecule has 0 unspecified atom stereocenters. The fraction of sp³-hybridized carbons (Fsp3) is 0. The molecule has 0 atom stereocenters. The Morgan fingerprint density at radius 3 is 2.46 bits per heavy atom. The van der Waals surface area contributed by atoms with Crippen LogP contribution in [0.4, 0.5) is 5.69 Å². The largest absolute Gasteiger partial charge is 0.382 e. The number of amidine groups is 1. The van der Waals surface area contributed by atoms with Crippen molar-refractivity contribution in [3.8, 4) is 0 Å². The lowest BCUT2D eigenvalue weighted by Crippen LogP contribution is -2.11. The van der Waals surface area contributed by atoms with Crippen LogP contribution in [0.1, 0.15) is 5.56 Å². The predicted molar refractivity (Wildman–Crippen MR) is 51.8 cm³/mol. The van der Waals surface area contributed by atoms with E-state index in [1.807, 2.05) is 0 Å². The first-order valence-corrected chi connectivity index (χ1v) is 3.71. The van der Waals surface area contributed by atoms with Crippen LogP contribution in [0.2, 0.25) is 0 Å². The molecule has 0 aliphatic rings. The summed E-state index contributed by atoms with van der Waals surface area (Å²) in [5.74, 6) is 0.231. The summed E-state index contributed by atoms with van der Waals surface area (Å²) >= 11 is 5.17. The van der Waals surface area contributed by atoms with Gasteiger partial charge in [0.25, 0.3) is 0 Å². The monoisotopic (exact) mass is 195 g/mol. The van der Waals surface area contributed by atoms with Gasteiger partial charge < -0.3 is 5.73 Å². The minimum atomic E-state index is 0.231. The van der Waals surface area contributed by atoms with Crippen LogP contribution in [-0.2, 0) is 0 Å². The second-order valence-corrected chi connectivity index (χ2v) is 2.38. The summed E-state index contributed by atoms with van der Waals surface area (Å²) in [7, 11) is 0. The first kappa shape index (κ1) is 9.38. The van der Waals surface area contributed by atoms with Crippen LogP contribution in [0.15, 0.2) is 33.9 Å². The van der Waals surface area contributed by atoms with E-state index in [1.54, 1.807) is 24.3 Å². The van der Waals surface area contributed by atoms with Gasteiger partial charge in [-0.1, -0.05) is 29.4 Å². The molecule has 0 aromatic heterocycles. The lowest BCUT2D eigenvalue weighted by molar-refractivity contribution is 1.46. The maximum Gasteiger partial charge on any atom is 0.145 e.